The van der Waals surface area contributed by atoms with Crippen molar-refractivity contribution in [3.8, 4) is 0 Å². The van der Waals surface area contributed by atoms with Gasteiger partial charge in [0.05, 0.1) is 12.3 Å². The second-order valence-electron chi connectivity index (χ2n) is 3.84. The van der Waals surface area contributed by atoms with Crippen molar-refractivity contribution >= 4 is 11.9 Å². The zero-order valence-electron chi connectivity index (χ0n) is 9.69. The van der Waals surface area contributed by atoms with Gasteiger partial charge in [-0.2, -0.15) is 0 Å². The first-order valence-corrected chi connectivity index (χ1v) is 5.67. The maximum atomic E-state index is 10.7. The summed E-state index contributed by atoms with van der Waals surface area (Å²) >= 11 is 0. The molecular formula is C12H20O4. The van der Waals surface area contributed by atoms with Crippen LogP contribution in [0.4, 0.5) is 0 Å². The Morgan fingerprint density at radius 2 is 1.88 bits per heavy atom. The summed E-state index contributed by atoms with van der Waals surface area (Å²) in [4.78, 5) is 21.1. The van der Waals surface area contributed by atoms with E-state index in [1.165, 1.54) is 6.42 Å². The number of hydrogen-bond donors (Lipinski definition) is 2. The molecule has 92 valence electrons. The molecule has 0 saturated carbocycles. The summed E-state index contributed by atoms with van der Waals surface area (Å²) in [6.07, 6.45) is 8.07. The molecule has 0 aromatic carbocycles. The van der Waals surface area contributed by atoms with Gasteiger partial charge in [-0.3, -0.25) is 9.59 Å². The van der Waals surface area contributed by atoms with Crippen molar-refractivity contribution in [1.29, 1.82) is 0 Å². The van der Waals surface area contributed by atoms with Crippen LogP contribution in [0.5, 0.6) is 0 Å². The largest absolute Gasteiger partial charge is 0.481 e. The maximum absolute atomic E-state index is 10.7. The van der Waals surface area contributed by atoms with E-state index in [9.17, 15) is 9.59 Å². The Morgan fingerprint density at radius 3 is 2.38 bits per heavy atom. The molecule has 16 heavy (non-hydrogen) atoms. The van der Waals surface area contributed by atoms with Crippen molar-refractivity contribution in [3.05, 3.63) is 12.2 Å². The summed E-state index contributed by atoms with van der Waals surface area (Å²) < 4.78 is 0. The Morgan fingerprint density at radius 1 is 1.19 bits per heavy atom. The monoisotopic (exact) mass is 228 g/mol. The van der Waals surface area contributed by atoms with Crippen molar-refractivity contribution in [2.24, 2.45) is 5.92 Å². The summed E-state index contributed by atoms with van der Waals surface area (Å²) in [7, 11) is 0. The molecule has 0 aliphatic heterocycles. The lowest BCUT2D eigenvalue weighted by Gasteiger charge is -2.05. The van der Waals surface area contributed by atoms with E-state index in [1.54, 1.807) is 6.08 Å². The minimum absolute atomic E-state index is 0.299. The van der Waals surface area contributed by atoms with Crippen molar-refractivity contribution < 1.29 is 19.8 Å². The predicted molar refractivity (Wildman–Crippen MR) is 61.3 cm³/mol. The third kappa shape index (κ3) is 8.03. The van der Waals surface area contributed by atoms with Gasteiger partial charge in [0, 0.05) is 0 Å². The molecule has 0 heterocycles. The highest BCUT2D eigenvalue weighted by Crippen LogP contribution is 2.10. The van der Waals surface area contributed by atoms with E-state index in [0.717, 1.165) is 19.3 Å². The third-order valence-corrected chi connectivity index (χ3v) is 2.33. The lowest BCUT2D eigenvalue weighted by atomic mass is 10.0. The van der Waals surface area contributed by atoms with Gasteiger partial charge in [0.15, 0.2) is 0 Å². The molecule has 0 aliphatic rings. The van der Waals surface area contributed by atoms with Gasteiger partial charge < -0.3 is 10.2 Å². The van der Waals surface area contributed by atoms with Crippen LogP contribution in [0.15, 0.2) is 12.2 Å². The first kappa shape index (κ1) is 14.7. The normalized spacial score (nSPS) is 12.8. The van der Waals surface area contributed by atoms with Gasteiger partial charge >= 0.3 is 11.9 Å². The number of rotatable bonds is 9. The van der Waals surface area contributed by atoms with Crippen LogP contribution < -0.4 is 0 Å². The number of allylic oxidation sites excluding steroid dienone is 2. The topological polar surface area (TPSA) is 74.6 Å². The van der Waals surface area contributed by atoms with Gasteiger partial charge in [-0.1, -0.05) is 31.9 Å². The van der Waals surface area contributed by atoms with E-state index in [-0.39, 0.29) is 6.42 Å². The molecule has 0 spiro atoms. The van der Waals surface area contributed by atoms with E-state index >= 15 is 0 Å². The second-order valence-corrected chi connectivity index (χ2v) is 3.84. The van der Waals surface area contributed by atoms with Gasteiger partial charge in [0.2, 0.25) is 0 Å². The summed E-state index contributed by atoms with van der Waals surface area (Å²) in [6, 6.07) is 0. The van der Waals surface area contributed by atoms with Crippen LogP contribution in [0.1, 0.15) is 45.4 Å². The summed E-state index contributed by atoms with van der Waals surface area (Å²) in [5, 5.41) is 17.3. The van der Waals surface area contributed by atoms with Crippen LogP contribution in [0, 0.1) is 5.92 Å². The van der Waals surface area contributed by atoms with E-state index in [4.69, 9.17) is 10.2 Å². The molecule has 0 bridgehead atoms. The fraction of sp³-hybridized carbons (Fsp3) is 0.667. The Labute approximate surface area is 96.0 Å². The molecular weight excluding hydrogens is 208 g/mol. The van der Waals surface area contributed by atoms with Gasteiger partial charge in [-0.05, 0) is 19.3 Å². The summed E-state index contributed by atoms with van der Waals surface area (Å²) in [5.41, 5.74) is 0. The smallest absolute Gasteiger partial charge is 0.307 e. The molecule has 1 unspecified atom stereocenters. The van der Waals surface area contributed by atoms with Crippen molar-refractivity contribution in [2.75, 3.05) is 0 Å². The molecule has 0 aliphatic carbocycles. The molecule has 4 heteroatoms. The lowest BCUT2D eigenvalue weighted by molar-refractivity contribution is -0.148. The molecule has 2 N–H and O–H groups in total. The quantitative estimate of drug-likeness (QED) is 0.470. The minimum atomic E-state index is -1.06. The molecule has 0 radical (unpaired) electrons. The highest BCUT2D eigenvalue weighted by Gasteiger charge is 2.18. The first-order valence-electron chi connectivity index (χ1n) is 5.67. The van der Waals surface area contributed by atoms with Crippen LogP contribution in [0.3, 0.4) is 0 Å². The van der Waals surface area contributed by atoms with Crippen LogP contribution in [-0.2, 0) is 9.59 Å². The number of carboxylic acids is 2. The highest BCUT2D eigenvalue weighted by atomic mass is 16.4. The number of aliphatic carboxylic acids is 2. The van der Waals surface area contributed by atoms with Gasteiger partial charge in [-0.25, -0.2) is 0 Å². The minimum Gasteiger partial charge on any atom is -0.481 e. The zero-order valence-corrected chi connectivity index (χ0v) is 9.69. The van der Waals surface area contributed by atoms with Gasteiger partial charge in [0.1, 0.15) is 0 Å². The molecule has 0 aromatic rings. The number of carbonyl (C=O) groups is 2. The van der Waals surface area contributed by atoms with Crippen molar-refractivity contribution in [1.82, 2.24) is 0 Å². The summed E-state index contributed by atoms with van der Waals surface area (Å²) in [5.74, 6) is -2.91. The van der Waals surface area contributed by atoms with E-state index in [2.05, 4.69) is 6.92 Å². The van der Waals surface area contributed by atoms with Crippen LogP contribution in [0.25, 0.3) is 0 Å². The number of carboxylic acid groups (broad SMARTS) is 2. The second kappa shape index (κ2) is 8.95. The summed E-state index contributed by atoms with van der Waals surface area (Å²) in [6.45, 7) is 2.12. The van der Waals surface area contributed by atoms with E-state index in [0.29, 0.717) is 6.42 Å². The van der Waals surface area contributed by atoms with Gasteiger partial charge in [0.25, 0.3) is 0 Å². The molecule has 0 aromatic heterocycles. The van der Waals surface area contributed by atoms with Crippen molar-refractivity contribution in [2.45, 2.75) is 45.4 Å². The fourth-order valence-corrected chi connectivity index (χ4v) is 1.37. The first-order chi connectivity index (χ1) is 7.57. The predicted octanol–water partition coefficient (Wildman–Crippen LogP) is 2.69. The Bertz CT molecular complexity index is 245. The number of hydrogen-bond acceptors (Lipinski definition) is 2. The van der Waals surface area contributed by atoms with Crippen LogP contribution in [0.2, 0.25) is 0 Å². The maximum Gasteiger partial charge on any atom is 0.307 e. The average Bonchev–Trinajstić information content (AvgIpc) is 2.20. The fourth-order valence-electron chi connectivity index (χ4n) is 1.37. The van der Waals surface area contributed by atoms with E-state index < -0.39 is 17.9 Å². The molecule has 0 amide bonds. The average molecular weight is 228 g/mol. The Hall–Kier alpha value is -1.32. The molecule has 0 saturated heterocycles. The third-order valence-electron chi connectivity index (χ3n) is 2.33. The Kier molecular flexibility index (Phi) is 8.21. The molecule has 0 fully saturated rings. The van der Waals surface area contributed by atoms with E-state index in [1.807, 2.05) is 6.08 Å². The highest BCUT2D eigenvalue weighted by molar-refractivity contribution is 5.77. The van der Waals surface area contributed by atoms with Gasteiger partial charge in [-0.15, -0.1) is 0 Å². The number of unbranched alkanes of at least 4 members (excludes halogenated alkanes) is 3. The lowest BCUT2D eigenvalue weighted by Crippen LogP contribution is -2.16. The SMILES string of the molecule is CCCCC/C=C\CC(CC(=O)O)C(=O)O. The van der Waals surface area contributed by atoms with Crippen LogP contribution >= 0.6 is 0 Å². The zero-order chi connectivity index (χ0) is 12.4. The van der Waals surface area contributed by atoms with Crippen molar-refractivity contribution in [3.63, 3.8) is 0 Å². The van der Waals surface area contributed by atoms with Crippen LogP contribution in [-0.4, -0.2) is 22.2 Å². The molecule has 1 atom stereocenters. The Balaban J connectivity index is 3.83. The standard InChI is InChI=1S/C12H20O4/c1-2-3-4-5-6-7-8-10(12(15)16)9-11(13)14/h6-7,10H,2-5,8-9H2,1H3,(H,13,14)(H,15,16)/b7-6-. The molecule has 4 nitrogen and oxygen atoms in total. The molecule has 0 rings (SSSR count).